The molecule has 4 rings (SSSR count). The predicted octanol–water partition coefficient (Wildman–Crippen LogP) is 6.35. The molecule has 186 valence electrons. The number of methoxy groups -OCH3 is 1. The van der Waals surface area contributed by atoms with Crippen LogP contribution in [0.4, 0.5) is 11.4 Å². The summed E-state index contributed by atoms with van der Waals surface area (Å²) in [4.78, 5) is 10.1. The van der Waals surface area contributed by atoms with Gasteiger partial charge in [-0.05, 0) is 76.2 Å². The van der Waals surface area contributed by atoms with Gasteiger partial charge in [0.1, 0.15) is 18.2 Å². The van der Waals surface area contributed by atoms with E-state index < -0.39 is 0 Å². The van der Waals surface area contributed by atoms with Crippen molar-refractivity contribution < 1.29 is 9.47 Å². The monoisotopic (exact) mass is 483 g/mol. The van der Waals surface area contributed by atoms with Gasteiger partial charge < -0.3 is 19.8 Å². The summed E-state index contributed by atoms with van der Waals surface area (Å²) in [7, 11) is 1.63. The molecule has 0 radical (unpaired) electrons. The molecule has 0 saturated carbocycles. The molecule has 4 aromatic rings. The van der Waals surface area contributed by atoms with Gasteiger partial charge in [-0.2, -0.15) is 5.26 Å². The van der Waals surface area contributed by atoms with Crippen molar-refractivity contribution >= 4 is 22.3 Å². The summed E-state index contributed by atoms with van der Waals surface area (Å²) in [5, 5.41) is 14.5. The van der Waals surface area contributed by atoms with Gasteiger partial charge in [0, 0.05) is 53.2 Å². The molecule has 0 spiro atoms. The van der Waals surface area contributed by atoms with E-state index in [0.717, 1.165) is 28.7 Å². The first-order chi connectivity index (χ1) is 17.4. The number of nitriles is 1. The fraction of sp³-hybridized carbons (Fsp3) is 0.310. The van der Waals surface area contributed by atoms with Crippen LogP contribution < -0.4 is 14.8 Å². The third kappa shape index (κ3) is 5.45. The molecule has 0 amide bonds. The van der Waals surface area contributed by atoms with Gasteiger partial charge >= 0.3 is 0 Å². The van der Waals surface area contributed by atoms with Crippen LogP contribution in [0.2, 0.25) is 0 Å². The molecule has 0 bridgehead atoms. The normalized spacial score (nSPS) is 11.3. The maximum absolute atomic E-state index is 10.1. The Labute approximate surface area is 212 Å². The minimum absolute atomic E-state index is 0.428. The number of hydrogen-bond acceptors (Lipinski definition) is 6. The Morgan fingerprint density at radius 2 is 1.83 bits per heavy atom. The average Bonchev–Trinajstić information content (AvgIpc) is 3.34. The van der Waals surface area contributed by atoms with Gasteiger partial charge in [0.25, 0.3) is 0 Å². The van der Waals surface area contributed by atoms with Crippen molar-refractivity contribution in [3.63, 3.8) is 0 Å². The van der Waals surface area contributed by atoms with Crippen molar-refractivity contribution in [3.8, 4) is 28.8 Å². The number of fused-ring (bicyclic) bond motifs is 1. The van der Waals surface area contributed by atoms with Crippen molar-refractivity contribution in [1.29, 1.82) is 5.26 Å². The highest BCUT2D eigenvalue weighted by Crippen LogP contribution is 2.35. The molecule has 36 heavy (non-hydrogen) atoms. The minimum atomic E-state index is 0.428. The fourth-order valence-electron chi connectivity index (χ4n) is 4.50. The molecule has 0 fully saturated rings. The molecule has 2 heterocycles. The molecular formula is C29H33N5O2. The lowest BCUT2D eigenvalue weighted by atomic mass is 10.0. The third-order valence-corrected chi connectivity index (χ3v) is 6.27. The first kappa shape index (κ1) is 25.1. The number of ether oxygens (including phenoxy) is 2. The lowest BCUT2D eigenvalue weighted by Crippen LogP contribution is -2.39. The van der Waals surface area contributed by atoms with E-state index in [9.17, 15) is 5.26 Å². The smallest absolute Gasteiger partial charge is 0.161 e. The number of aromatic amines is 1. The molecule has 2 aromatic carbocycles. The van der Waals surface area contributed by atoms with Gasteiger partial charge in [0.2, 0.25) is 0 Å². The second kappa shape index (κ2) is 11.1. The van der Waals surface area contributed by atoms with E-state index in [4.69, 9.17) is 9.47 Å². The summed E-state index contributed by atoms with van der Waals surface area (Å²) in [6.07, 6.45) is 3.62. The van der Waals surface area contributed by atoms with Gasteiger partial charge in [0.15, 0.2) is 11.5 Å². The fourth-order valence-corrected chi connectivity index (χ4v) is 4.50. The Morgan fingerprint density at radius 1 is 1.03 bits per heavy atom. The SMILES string of the molecule is COc1ccc(-c2nccc(Nc3ccc4[nH]ccc4c3)c2C#N)cc1OCCN(C(C)C)C(C)C. The van der Waals surface area contributed by atoms with E-state index in [1.165, 1.54) is 0 Å². The zero-order valence-corrected chi connectivity index (χ0v) is 21.5. The molecule has 0 aliphatic carbocycles. The minimum Gasteiger partial charge on any atom is -0.493 e. The maximum atomic E-state index is 10.1. The second-order valence-electron chi connectivity index (χ2n) is 9.24. The number of benzene rings is 2. The second-order valence-corrected chi connectivity index (χ2v) is 9.24. The van der Waals surface area contributed by atoms with E-state index >= 15 is 0 Å². The third-order valence-electron chi connectivity index (χ3n) is 6.27. The maximum Gasteiger partial charge on any atom is 0.161 e. The van der Waals surface area contributed by atoms with Crippen LogP contribution in [0.25, 0.3) is 22.2 Å². The number of nitrogens with zero attached hydrogens (tertiary/aromatic N) is 3. The van der Waals surface area contributed by atoms with E-state index in [1.54, 1.807) is 13.3 Å². The van der Waals surface area contributed by atoms with Crippen molar-refractivity contribution in [1.82, 2.24) is 14.9 Å². The highest BCUT2D eigenvalue weighted by Gasteiger charge is 2.17. The Hall–Kier alpha value is -4.02. The number of aromatic nitrogens is 2. The largest absolute Gasteiger partial charge is 0.493 e. The molecular weight excluding hydrogens is 450 g/mol. The van der Waals surface area contributed by atoms with Crippen molar-refractivity contribution in [2.45, 2.75) is 39.8 Å². The van der Waals surface area contributed by atoms with E-state index in [-0.39, 0.29) is 0 Å². The summed E-state index contributed by atoms with van der Waals surface area (Å²) in [6.45, 7) is 10.1. The first-order valence-corrected chi connectivity index (χ1v) is 12.2. The van der Waals surface area contributed by atoms with Gasteiger partial charge in [-0.15, -0.1) is 0 Å². The molecule has 0 saturated heterocycles. The summed E-state index contributed by atoms with van der Waals surface area (Å²) >= 11 is 0. The molecule has 0 unspecified atom stereocenters. The van der Waals surface area contributed by atoms with Crippen LogP contribution in [0.15, 0.2) is 60.9 Å². The van der Waals surface area contributed by atoms with Crippen LogP contribution in [0, 0.1) is 11.3 Å². The van der Waals surface area contributed by atoms with Crippen LogP contribution in [0.5, 0.6) is 11.5 Å². The van der Waals surface area contributed by atoms with Crippen molar-refractivity contribution in [2.75, 3.05) is 25.6 Å². The van der Waals surface area contributed by atoms with Crippen LogP contribution in [0.3, 0.4) is 0 Å². The van der Waals surface area contributed by atoms with Crippen LogP contribution in [0.1, 0.15) is 33.3 Å². The topological polar surface area (TPSA) is 86.2 Å². The zero-order valence-electron chi connectivity index (χ0n) is 21.5. The van der Waals surface area contributed by atoms with Gasteiger partial charge in [-0.25, -0.2) is 0 Å². The Kier molecular flexibility index (Phi) is 7.77. The molecule has 0 aliphatic heterocycles. The van der Waals surface area contributed by atoms with Crippen LogP contribution in [-0.4, -0.2) is 47.2 Å². The molecule has 7 nitrogen and oxygen atoms in total. The Morgan fingerprint density at radius 3 is 2.56 bits per heavy atom. The number of nitrogens with one attached hydrogen (secondary N) is 2. The van der Waals surface area contributed by atoms with Gasteiger partial charge in [-0.3, -0.25) is 9.88 Å². The number of anilines is 2. The highest BCUT2D eigenvalue weighted by atomic mass is 16.5. The van der Waals surface area contributed by atoms with E-state index in [2.05, 4.69) is 53.9 Å². The van der Waals surface area contributed by atoms with Crippen molar-refractivity contribution in [3.05, 3.63) is 66.5 Å². The summed E-state index contributed by atoms with van der Waals surface area (Å²) in [5.41, 5.74) is 4.50. The quantitative estimate of drug-likeness (QED) is 0.273. The summed E-state index contributed by atoms with van der Waals surface area (Å²) in [5.74, 6) is 1.27. The number of hydrogen-bond donors (Lipinski definition) is 2. The van der Waals surface area contributed by atoms with Gasteiger partial charge in [0.05, 0.1) is 18.5 Å². The standard InChI is InChI=1S/C29H33N5O2/c1-19(2)34(20(3)4)14-15-36-28-17-22(6-9-27(28)35-5)29-24(18-30)26(11-13-32-29)33-23-7-8-25-21(16-23)10-12-31-25/h6-13,16-17,19-20,31H,14-15H2,1-5H3,(H,32,33). The summed E-state index contributed by atoms with van der Waals surface area (Å²) in [6, 6.07) is 18.7. The molecule has 0 atom stereocenters. The Bertz CT molecular complexity index is 1360. The number of H-pyrrole nitrogens is 1. The number of rotatable bonds is 10. The lowest BCUT2D eigenvalue weighted by Gasteiger charge is -2.30. The summed E-state index contributed by atoms with van der Waals surface area (Å²) < 4.78 is 11.7. The van der Waals surface area contributed by atoms with E-state index in [1.807, 2.05) is 54.7 Å². The van der Waals surface area contributed by atoms with E-state index in [0.29, 0.717) is 47.1 Å². The molecule has 7 heteroatoms. The molecule has 2 N–H and O–H groups in total. The lowest BCUT2D eigenvalue weighted by molar-refractivity contribution is 0.140. The molecule has 0 aliphatic rings. The Balaban J connectivity index is 1.60. The molecule has 2 aromatic heterocycles. The van der Waals surface area contributed by atoms with Gasteiger partial charge in [-0.1, -0.05) is 0 Å². The predicted molar refractivity (Wildman–Crippen MR) is 145 cm³/mol. The zero-order chi connectivity index (χ0) is 25.7. The highest BCUT2D eigenvalue weighted by molar-refractivity contribution is 5.85. The first-order valence-electron chi connectivity index (χ1n) is 12.2. The van der Waals surface area contributed by atoms with Crippen molar-refractivity contribution in [2.24, 2.45) is 0 Å². The van der Waals surface area contributed by atoms with Crippen LogP contribution >= 0.6 is 0 Å². The number of pyridine rings is 1. The van der Waals surface area contributed by atoms with Crippen LogP contribution in [-0.2, 0) is 0 Å². The average molecular weight is 484 g/mol.